The molecular weight excluding hydrogens is 428 g/mol. The van der Waals surface area contributed by atoms with Crippen molar-refractivity contribution < 1.29 is 44.3 Å². The van der Waals surface area contributed by atoms with Gasteiger partial charge in [0.2, 0.25) is 10.0 Å². The Labute approximate surface area is 161 Å². The van der Waals surface area contributed by atoms with Crippen LogP contribution in [0.4, 0.5) is 26.3 Å². The molecule has 0 fully saturated rings. The van der Waals surface area contributed by atoms with Crippen LogP contribution in [0.25, 0.3) is 0 Å². The van der Waals surface area contributed by atoms with E-state index in [2.05, 4.69) is 0 Å². The lowest BCUT2D eigenvalue weighted by molar-refractivity contribution is -0.144. The highest BCUT2D eigenvalue weighted by Gasteiger charge is 2.38. The lowest BCUT2D eigenvalue weighted by atomic mass is 10.1. The van der Waals surface area contributed by atoms with Gasteiger partial charge in [-0.1, -0.05) is 30.3 Å². The molecule has 0 bridgehead atoms. The van der Waals surface area contributed by atoms with E-state index in [1.54, 1.807) is 35.1 Å². The van der Waals surface area contributed by atoms with E-state index in [9.17, 15) is 39.6 Å². The van der Waals surface area contributed by atoms with Gasteiger partial charge in [0.1, 0.15) is 13.2 Å². The predicted octanol–water partition coefficient (Wildman–Crippen LogP) is 3.75. The summed E-state index contributed by atoms with van der Waals surface area (Å²) >= 11 is 0. The molecule has 1 N–H and O–H groups in total. The fourth-order valence-electron chi connectivity index (χ4n) is 2.11. The third-order valence-electron chi connectivity index (χ3n) is 3.52. The summed E-state index contributed by atoms with van der Waals surface area (Å²) in [6, 6.07) is 8.18. The molecule has 0 saturated heterocycles. The third kappa shape index (κ3) is 6.46. The number of hydrogen-bond acceptors (Lipinski definition) is 4. The summed E-state index contributed by atoms with van der Waals surface area (Å²) < 4.78 is 108. The average molecular weight is 441 g/mol. The van der Waals surface area contributed by atoms with Crippen LogP contribution >= 0.6 is 0 Å². The Morgan fingerprint density at radius 2 is 1.41 bits per heavy atom. The number of alkyl halides is 6. The normalized spacial score (nSPS) is 12.6. The first-order valence-corrected chi connectivity index (χ1v) is 9.26. The summed E-state index contributed by atoms with van der Waals surface area (Å²) in [4.78, 5) is 10.4. The second-order valence-electron chi connectivity index (χ2n) is 5.71. The summed E-state index contributed by atoms with van der Waals surface area (Å²) in [6.07, 6.45) is -10.4. The second-order valence-corrected chi connectivity index (χ2v) is 7.48. The summed E-state index contributed by atoms with van der Waals surface area (Å²) in [5.41, 5.74) is -2.99. The van der Waals surface area contributed by atoms with Crippen LogP contribution in [-0.2, 0) is 38.5 Å². The minimum atomic E-state index is -5.21. The maximum atomic E-state index is 12.8. The molecule has 29 heavy (non-hydrogen) atoms. The lowest BCUT2D eigenvalue weighted by Crippen LogP contribution is -2.31. The zero-order chi connectivity index (χ0) is 21.9. The van der Waals surface area contributed by atoms with Gasteiger partial charge in [0.05, 0.1) is 16.0 Å². The van der Waals surface area contributed by atoms with Gasteiger partial charge in [0.25, 0.3) is 0 Å². The van der Waals surface area contributed by atoms with E-state index in [4.69, 9.17) is 4.74 Å². The average Bonchev–Trinajstić information content (AvgIpc) is 2.64. The van der Waals surface area contributed by atoms with Crippen LogP contribution in [0.2, 0.25) is 0 Å². The van der Waals surface area contributed by atoms with E-state index in [0.29, 0.717) is 5.56 Å². The van der Waals surface area contributed by atoms with Gasteiger partial charge in [0.15, 0.2) is 0 Å². The number of sulfonamides is 1. The number of ether oxygens (including phenoxy) is 1. The Bertz CT molecular complexity index is 939. The van der Waals surface area contributed by atoms with E-state index in [-0.39, 0.29) is 24.8 Å². The van der Waals surface area contributed by atoms with Gasteiger partial charge in [-0.3, -0.25) is 4.79 Å². The monoisotopic (exact) mass is 441 g/mol. The molecule has 0 unspecified atom stereocenters. The minimum Gasteiger partial charge on any atom is -0.460 e. The molecule has 12 heteroatoms. The number of carbonyl (C=O) groups is 1. The molecule has 0 saturated carbocycles. The molecule has 0 spiro atoms. The Kier molecular flexibility index (Phi) is 6.58. The van der Waals surface area contributed by atoms with E-state index in [1.807, 2.05) is 0 Å². The van der Waals surface area contributed by atoms with E-state index in [1.165, 1.54) is 0 Å². The van der Waals surface area contributed by atoms with Crippen LogP contribution in [0, 0.1) is 0 Å². The molecule has 0 aliphatic carbocycles. The van der Waals surface area contributed by atoms with Crippen molar-refractivity contribution in [3.63, 3.8) is 0 Å². The van der Waals surface area contributed by atoms with Gasteiger partial charge in [-0.15, -0.1) is 0 Å². The van der Waals surface area contributed by atoms with E-state index in [0.717, 1.165) is 0 Å². The van der Waals surface area contributed by atoms with Crippen molar-refractivity contribution in [1.29, 1.82) is 0 Å². The smallest absolute Gasteiger partial charge is 0.416 e. The molecule has 0 aliphatic heterocycles. The highest BCUT2D eigenvalue weighted by molar-refractivity contribution is 7.89. The Balaban J connectivity index is 2.16. The van der Waals surface area contributed by atoms with Gasteiger partial charge in [-0.2, -0.15) is 31.1 Å². The molecule has 0 aliphatic rings. The molecule has 0 amide bonds. The van der Waals surface area contributed by atoms with Crippen molar-refractivity contribution in [3.8, 4) is 0 Å². The SMILES string of the molecule is O=C(CNS(=O)(=O)c1cc(C(F)(F)F)cc(C(F)(F)F)c1)OCc1ccccc1. The van der Waals surface area contributed by atoms with Crippen LogP contribution in [0.5, 0.6) is 0 Å². The predicted molar refractivity (Wildman–Crippen MR) is 87.9 cm³/mol. The van der Waals surface area contributed by atoms with Gasteiger partial charge in [-0.05, 0) is 23.8 Å². The zero-order valence-electron chi connectivity index (χ0n) is 14.3. The molecule has 2 rings (SSSR count). The summed E-state index contributed by atoms with van der Waals surface area (Å²) in [6.45, 7) is -1.17. The van der Waals surface area contributed by atoms with Crippen molar-refractivity contribution in [2.24, 2.45) is 0 Å². The molecular formula is C17H13F6NO4S. The lowest BCUT2D eigenvalue weighted by Gasteiger charge is -2.14. The molecule has 2 aromatic rings. The molecule has 0 atom stereocenters. The van der Waals surface area contributed by atoms with Crippen molar-refractivity contribution in [1.82, 2.24) is 4.72 Å². The van der Waals surface area contributed by atoms with Crippen LogP contribution in [-0.4, -0.2) is 20.9 Å². The number of hydrogen-bond donors (Lipinski definition) is 1. The number of halogens is 6. The van der Waals surface area contributed by atoms with Crippen LogP contribution < -0.4 is 4.72 Å². The first kappa shape index (κ1) is 22.7. The quantitative estimate of drug-likeness (QED) is 0.548. The van der Waals surface area contributed by atoms with Crippen molar-refractivity contribution >= 4 is 16.0 Å². The molecule has 0 heterocycles. The molecule has 158 valence electrons. The van der Waals surface area contributed by atoms with Gasteiger partial charge in [-0.25, -0.2) is 8.42 Å². The maximum Gasteiger partial charge on any atom is 0.416 e. The van der Waals surface area contributed by atoms with Crippen molar-refractivity contribution in [3.05, 3.63) is 65.2 Å². The minimum absolute atomic E-state index is 0.0485. The number of esters is 1. The fraction of sp³-hybridized carbons (Fsp3) is 0.235. The Hall–Kier alpha value is -2.60. The highest BCUT2D eigenvalue weighted by atomic mass is 32.2. The first-order chi connectivity index (χ1) is 13.3. The molecule has 5 nitrogen and oxygen atoms in total. The first-order valence-electron chi connectivity index (χ1n) is 7.78. The number of rotatable bonds is 6. The van der Waals surface area contributed by atoms with Crippen LogP contribution in [0.3, 0.4) is 0 Å². The molecule has 0 aromatic heterocycles. The van der Waals surface area contributed by atoms with Gasteiger partial charge < -0.3 is 4.74 Å². The van der Waals surface area contributed by atoms with Gasteiger partial charge in [0, 0.05) is 0 Å². The molecule has 2 aromatic carbocycles. The summed E-state index contributed by atoms with van der Waals surface area (Å²) in [5, 5.41) is 0. The topological polar surface area (TPSA) is 72.5 Å². The number of nitrogens with one attached hydrogen (secondary N) is 1. The zero-order valence-corrected chi connectivity index (χ0v) is 15.2. The largest absolute Gasteiger partial charge is 0.460 e. The standard InChI is InChI=1S/C17H13F6NO4S/c18-16(19,20)12-6-13(17(21,22)23)8-14(7-12)29(26,27)24-9-15(25)28-10-11-4-2-1-3-5-11/h1-8,24H,9-10H2. The number of benzene rings is 2. The van der Waals surface area contributed by atoms with Crippen LogP contribution in [0.15, 0.2) is 53.4 Å². The summed E-state index contributed by atoms with van der Waals surface area (Å²) in [5.74, 6) is -1.07. The third-order valence-corrected chi connectivity index (χ3v) is 4.90. The van der Waals surface area contributed by atoms with Gasteiger partial charge >= 0.3 is 18.3 Å². The second kappa shape index (κ2) is 8.41. The highest BCUT2D eigenvalue weighted by Crippen LogP contribution is 2.37. The number of carbonyl (C=O) groups excluding carboxylic acids is 1. The van der Waals surface area contributed by atoms with Crippen LogP contribution in [0.1, 0.15) is 16.7 Å². The van der Waals surface area contributed by atoms with Crippen molar-refractivity contribution in [2.75, 3.05) is 6.54 Å². The van der Waals surface area contributed by atoms with Crippen molar-refractivity contribution in [2.45, 2.75) is 23.9 Å². The van der Waals surface area contributed by atoms with E-state index >= 15 is 0 Å². The Morgan fingerprint density at radius 3 is 1.90 bits per heavy atom. The van der Waals surface area contributed by atoms with E-state index < -0.39 is 50.9 Å². The molecule has 0 radical (unpaired) electrons. The fourth-order valence-corrected chi connectivity index (χ4v) is 3.15. The maximum absolute atomic E-state index is 12.8. The summed E-state index contributed by atoms with van der Waals surface area (Å²) in [7, 11) is -4.85. The Morgan fingerprint density at radius 1 is 0.897 bits per heavy atom.